The second-order valence-electron chi connectivity index (χ2n) is 8.36. The van der Waals surface area contributed by atoms with Gasteiger partial charge in [-0.2, -0.15) is 0 Å². The number of anilines is 1. The van der Waals surface area contributed by atoms with Gasteiger partial charge in [0.05, 0.1) is 11.4 Å². The minimum Gasteiger partial charge on any atom is -0.360 e. The molecule has 2 fully saturated rings. The number of likely N-dealkylation sites (tertiary alicyclic amines) is 1. The van der Waals surface area contributed by atoms with E-state index in [1.54, 1.807) is 0 Å². The van der Waals surface area contributed by atoms with Crippen LogP contribution in [0.15, 0.2) is 60.9 Å². The maximum absolute atomic E-state index is 12.6. The van der Waals surface area contributed by atoms with E-state index in [1.165, 1.54) is 0 Å². The number of H-pyrrole nitrogens is 1. The van der Waals surface area contributed by atoms with E-state index in [2.05, 4.69) is 20.2 Å². The molecule has 0 radical (unpaired) electrons. The van der Waals surface area contributed by atoms with Crippen LogP contribution in [0.1, 0.15) is 29.6 Å². The van der Waals surface area contributed by atoms with Gasteiger partial charge in [0.25, 0.3) is 5.91 Å². The Kier molecular flexibility index (Phi) is 5.67. The minimum absolute atomic E-state index is 0.144. The fraction of sp³-hybridized carbons (Fsp3) is 0.375. The first-order chi connectivity index (χ1) is 15.3. The molecular formula is C24H28N6O. The monoisotopic (exact) mass is 416 g/mol. The summed E-state index contributed by atoms with van der Waals surface area (Å²) in [5.41, 5.74) is 2.71. The second-order valence-corrected chi connectivity index (χ2v) is 8.36. The molecule has 2 aliphatic rings. The van der Waals surface area contributed by atoms with Gasteiger partial charge in [-0.1, -0.05) is 18.2 Å². The zero-order valence-electron chi connectivity index (χ0n) is 17.6. The quantitative estimate of drug-likeness (QED) is 0.669. The number of benzene rings is 1. The third-order valence-electron chi connectivity index (χ3n) is 6.26. The predicted molar refractivity (Wildman–Crippen MR) is 121 cm³/mol. The molecule has 2 aliphatic heterocycles. The van der Waals surface area contributed by atoms with E-state index in [-0.39, 0.29) is 5.91 Å². The smallest absolute Gasteiger partial charge is 0.253 e. The Morgan fingerprint density at radius 2 is 1.77 bits per heavy atom. The van der Waals surface area contributed by atoms with Crippen LogP contribution in [-0.4, -0.2) is 64.0 Å². The van der Waals surface area contributed by atoms with Gasteiger partial charge >= 0.3 is 0 Å². The molecule has 1 amide bonds. The standard InChI is InChI=1S/C24H28N6O/c31-23(18-5-2-1-3-6-18)29-14-9-19(10-15-29)27-20-11-16-30(17-20)24-26-13-8-22(28-24)21-7-4-12-25-21/h1-8,12-13,19-20,25,27H,9-11,14-17H2. The SMILES string of the molecule is O=C(c1ccccc1)N1CCC(NC2CCN(c3nccc(-c4ccc[nH]4)n3)C2)CC1. The summed E-state index contributed by atoms with van der Waals surface area (Å²) >= 11 is 0. The fourth-order valence-electron chi connectivity index (χ4n) is 4.56. The molecule has 3 aromatic rings. The molecular weight excluding hydrogens is 388 g/mol. The number of aromatic nitrogens is 3. The lowest BCUT2D eigenvalue weighted by molar-refractivity contribution is 0.0702. The van der Waals surface area contributed by atoms with E-state index in [9.17, 15) is 4.79 Å². The normalized spacial score (nSPS) is 19.7. The van der Waals surface area contributed by atoms with Crippen LogP contribution < -0.4 is 10.2 Å². The summed E-state index contributed by atoms with van der Waals surface area (Å²) in [5.74, 6) is 0.935. The predicted octanol–water partition coefficient (Wildman–Crippen LogP) is 2.94. The van der Waals surface area contributed by atoms with Crippen molar-refractivity contribution in [3.8, 4) is 11.4 Å². The molecule has 160 valence electrons. The Morgan fingerprint density at radius 3 is 2.55 bits per heavy atom. The number of hydrogen-bond acceptors (Lipinski definition) is 5. The van der Waals surface area contributed by atoms with Gasteiger partial charge in [0.15, 0.2) is 0 Å². The van der Waals surface area contributed by atoms with E-state index in [0.29, 0.717) is 12.1 Å². The summed E-state index contributed by atoms with van der Waals surface area (Å²) in [6.45, 7) is 3.49. The van der Waals surface area contributed by atoms with Gasteiger partial charge in [-0.25, -0.2) is 9.97 Å². The van der Waals surface area contributed by atoms with Crippen LogP contribution in [0.4, 0.5) is 5.95 Å². The van der Waals surface area contributed by atoms with Crippen LogP contribution in [-0.2, 0) is 0 Å². The molecule has 2 saturated heterocycles. The van der Waals surface area contributed by atoms with Gasteiger partial charge in [0, 0.05) is 56.2 Å². The van der Waals surface area contributed by atoms with Crippen molar-refractivity contribution in [3.05, 3.63) is 66.5 Å². The minimum atomic E-state index is 0.144. The second kappa shape index (κ2) is 8.89. The summed E-state index contributed by atoms with van der Waals surface area (Å²) in [7, 11) is 0. The van der Waals surface area contributed by atoms with E-state index in [1.807, 2.05) is 65.8 Å². The molecule has 0 saturated carbocycles. The maximum Gasteiger partial charge on any atom is 0.253 e. The molecule has 5 rings (SSSR count). The highest BCUT2D eigenvalue weighted by Crippen LogP contribution is 2.22. The number of rotatable bonds is 5. The number of hydrogen-bond donors (Lipinski definition) is 2. The average Bonchev–Trinajstić information content (AvgIpc) is 3.53. The highest BCUT2D eigenvalue weighted by atomic mass is 16.2. The number of amides is 1. The summed E-state index contributed by atoms with van der Waals surface area (Å²) in [6, 6.07) is 16.4. The molecule has 4 heterocycles. The van der Waals surface area contributed by atoms with Crippen LogP contribution in [0.2, 0.25) is 0 Å². The van der Waals surface area contributed by atoms with Gasteiger partial charge in [-0.15, -0.1) is 0 Å². The Morgan fingerprint density at radius 1 is 0.968 bits per heavy atom. The maximum atomic E-state index is 12.6. The zero-order valence-corrected chi connectivity index (χ0v) is 17.6. The van der Waals surface area contributed by atoms with Crippen molar-refractivity contribution in [2.24, 2.45) is 0 Å². The largest absolute Gasteiger partial charge is 0.360 e. The van der Waals surface area contributed by atoms with Crippen molar-refractivity contribution in [2.75, 3.05) is 31.1 Å². The first kappa shape index (κ1) is 19.8. The van der Waals surface area contributed by atoms with Crippen molar-refractivity contribution in [3.63, 3.8) is 0 Å². The molecule has 0 bridgehead atoms. The molecule has 1 unspecified atom stereocenters. The van der Waals surface area contributed by atoms with Crippen LogP contribution in [0.3, 0.4) is 0 Å². The summed E-state index contributed by atoms with van der Waals surface area (Å²) in [4.78, 5) is 29.3. The number of aromatic amines is 1. The lowest BCUT2D eigenvalue weighted by Gasteiger charge is -2.34. The summed E-state index contributed by atoms with van der Waals surface area (Å²) in [6.07, 6.45) is 6.81. The number of piperidine rings is 1. The topological polar surface area (TPSA) is 77.2 Å². The Labute approximate surface area is 182 Å². The molecule has 1 aromatic carbocycles. The van der Waals surface area contributed by atoms with Crippen molar-refractivity contribution in [2.45, 2.75) is 31.3 Å². The van der Waals surface area contributed by atoms with Crippen molar-refractivity contribution in [1.29, 1.82) is 0 Å². The van der Waals surface area contributed by atoms with Crippen molar-refractivity contribution in [1.82, 2.24) is 25.2 Å². The highest BCUT2D eigenvalue weighted by molar-refractivity contribution is 5.94. The highest BCUT2D eigenvalue weighted by Gasteiger charge is 2.29. The molecule has 7 heteroatoms. The molecule has 2 aromatic heterocycles. The Hall–Kier alpha value is -3.19. The first-order valence-electron chi connectivity index (χ1n) is 11.1. The van der Waals surface area contributed by atoms with E-state index in [0.717, 1.165) is 68.3 Å². The van der Waals surface area contributed by atoms with Gasteiger partial charge in [-0.05, 0) is 49.6 Å². The van der Waals surface area contributed by atoms with E-state index < -0.39 is 0 Å². The first-order valence-corrected chi connectivity index (χ1v) is 11.1. The number of nitrogens with zero attached hydrogens (tertiary/aromatic N) is 4. The zero-order chi connectivity index (χ0) is 21.0. The van der Waals surface area contributed by atoms with Gasteiger partial charge in [0.2, 0.25) is 5.95 Å². The third-order valence-corrected chi connectivity index (χ3v) is 6.26. The van der Waals surface area contributed by atoms with Crippen LogP contribution in [0.25, 0.3) is 11.4 Å². The molecule has 31 heavy (non-hydrogen) atoms. The van der Waals surface area contributed by atoms with Crippen molar-refractivity contribution < 1.29 is 4.79 Å². The van der Waals surface area contributed by atoms with Gasteiger partial charge in [-0.3, -0.25) is 4.79 Å². The summed E-state index contributed by atoms with van der Waals surface area (Å²) in [5, 5.41) is 3.82. The third kappa shape index (κ3) is 4.46. The fourth-order valence-corrected chi connectivity index (χ4v) is 4.56. The molecule has 0 aliphatic carbocycles. The van der Waals surface area contributed by atoms with Crippen molar-refractivity contribution >= 4 is 11.9 Å². The van der Waals surface area contributed by atoms with Gasteiger partial charge in [0.1, 0.15) is 0 Å². The van der Waals surface area contributed by atoms with Crippen LogP contribution >= 0.6 is 0 Å². The molecule has 1 atom stereocenters. The molecule has 0 spiro atoms. The van der Waals surface area contributed by atoms with E-state index >= 15 is 0 Å². The van der Waals surface area contributed by atoms with Gasteiger partial charge < -0.3 is 20.1 Å². The number of carbonyl (C=O) groups excluding carboxylic acids is 1. The Bertz CT molecular complexity index is 998. The summed E-state index contributed by atoms with van der Waals surface area (Å²) < 4.78 is 0. The molecule has 7 nitrogen and oxygen atoms in total. The lowest BCUT2D eigenvalue weighted by atomic mass is 10.0. The number of nitrogens with one attached hydrogen (secondary N) is 2. The van der Waals surface area contributed by atoms with Crippen LogP contribution in [0, 0.1) is 0 Å². The molecule has 2 N–H and O–H groups in total. The number of carbonyl (C=O) groups is 1. The lowest BCUT2D eigenvalue weighted by Crippen LogP contribution is -2.48. The van der Waals surface area contributed by atoms with Crippen LogP contribution in [0.5, 0.6) is 0 Å². The van der Waals surface area contributed by atoms with E-state index in [4.69, 9.17) is 4.98 Å². The Balaban J connectivity index is 1.13. The average molecular weight is 417 g/mol.